The Balaban J connectivity index is 0.00000342. The largest absolute Gasteiger partial charge is 0.416 e. The highest BCUT2D eigenvalue weighted by molar-refractivity contribution is 8.93. The first kappa shape index (κ1) is 26.6. The van der Waals surface area contributed by atoms with E-state index < -0.39 is 27.7 Å². The van der Waals surface area contributed by atoms with Crippen molar-refractivity contribution in [3.8, 4) is 0 Å². The number of alkyl halides is 3. The maximum atomic E-state index is 13.3. The molecule has 6 nitrogen and oxygen atoms in total. The molecule has 3 aromatic carbocycles. The fourth-order valence-electron chi connectivity index (χ4n) is 3.61. The molecule has 4 rings (SSSR count). The topological polar surface area (TPSA) is 70.0 Å². The normalized spacial score (nSPS) is 14.7. The summed E-state index contributed by atoms with van der Waals surface area (Å²) in [5.74, 6) is -0.514. The first-order valence-electron chi connectivity index (χ1n) is 10.2. The van der Waals surface area contributed by atoms with Crippen LogP contribution in [-0.2, 0) is 22.7 Å². The highest BCUT2D eigenvalue weighted by Gasteiger charge is 2.33. The molecule has 3 aromatic rings. The molecule has 0 N–H and O–H groups in total. The minimum absolute atomic E-state index is 0. The Hall–Kier alpha value is -3.02. The van der Waals surface area contributed by atoms with Crippen LogP contribution in [0.1, 0.15) is 27.0 Å². The molecule has 184 valence electrons. The fourth-order valence-corrected chi connectivity index (χ4v) is 4.56. The van der Waals surface area contributed by atoms with Crippen molar-refractivity contribution >= 4 is 44.4 Å². The number of carbonyl (C=O) groups is 1. The van der Waals surface area contributed by atoms with Crippen molar-refractivity contribution in [2.24, 2.45) is 4.99 Å². The molecule has 0 saturated carbocycles. The number of rotatable bonds is 4. The first-order valence-corrected chi connectivity index (χ1v) is 11.6. The quantitative estimate of drug-likeness (QED) is 0.437. The standard InChI is InChI=1S/C24H20F3N3O3S.BrH/c1-29(2)34(32,33)20-11-5-8-16(13-20)23(31)28-22-21-12-4-3-7-17(21)15-30(22)19-10-6-9-18(14-19)24(25,26)27;/h3-14H,15H2,1-2H3;1H. The van der Waals surface area contributed by atoms with Gasteiger partial charge < -0.3 is 4.90 Å². The van der Waals surface area contributed by atoms with Gasteiger partial charge in [0, 0.05) is 30.9 Å². The van der Waals surface area contributed by atoms with Crippen molar-refractivity contribution in [2.75, 3.05) is 19.0 Å². The van der Waals surface area contributed by atoms with Crippen LogP contribution in [-0.4, -0.2) is 38.6 Å². The average Bonchev–Trinajstić information content (AvgIpc) is 3.17. The molecule has 1 aliphatic heterocycles. The van der Waals surface area contributed by atoms with E-state index in [1.807, 2.05) is 6.07 Å². The number of hydrogen-bond acceptors (Lipinski definition) is 3. The first-order chi connectivity index (χ1) is 16.0. The second kappa shape index (κ2) is 9.92. The maximum Gasteiger partial charge on any atom is 0.416 e. The number of halogens is 4. The summed E-state index contributed by atoms with van der Waals surface area (Å²) in [6.07, 6.45) is -4.52. The minimum Gasteiger partial charge on any atom is -0.321 e. The molecule has 0 saturated heterocycles. The lowest BCUT2D eigenvalue weighted by molar-refractivity contribution is -0.137. The molecule has 0 aliphatic carbocycles. The van der Waals surface area contributed by atoms with Gasteiger partial charge in [-0.25, -0.2) is 12.7 Å². The van der Waals surface area contributed by atoms with E-state index in [9.17, 15) is 26.4 Å². The van der Waals surface area contributed by atoms with Crippen LogP contribution in [0.5, 0.6) is 0 Å². The molecule has 0 unspecified atom stereocenters. The number of sulfonamides is 1. The van der Waals surface area contributed by atoms with Gasteiger partial charge in [0.25, 0.3) is 5.91 Å². The summed E-state index contributed by atoms with van der Waals surface area (Å²) >= 11 is 0. The van der Waals surface area contributed by atoms with E-state index in [0.29, 0.717) is 5.56 Å². The number of nitrogens with zero attached hydrogens (tertiary/aromatic N) is 3. The summed E-state index contributed by atoms with van der Waals surface area (Å²) in [6, 6.07) is 17.4. The monoisotopic (exact) mass is 567 g/mol. The van der Waals surface area contributed by atoms with Crippen molar-refractivity contribution < 1.29 is 26.4 Å². The van der Waals surface area contributed by atoms with Gasteiger partial charge in [0.2, 0.25) is 10.0 Å². The number of anilines is 1. The van der Waals surface area contributed by atoms with E-state index >= 15 is 0 Å². The molecule has 1 aliphatic rings. The van der Waals surface area contributed by atoms with E-state index in [4.69, 9.17) is 0 Å². The summed E-state index contributed by atoms with van der Waals surface area (Å²) in [6.45, 7) is 0.235. The van der Waals surface area contributed by atoms with E-state index in [1.54, 1.807) is 18.2 Å². The van der Waals surface area contributed by atoms with E-state index in [-0.39, 0.29) is 45.5 Å². The zero-order valence-electron chi connectivity index (χ0n) is 18.7. The minimum atomic E-state index is -4.52. The third-order valence-corrected chi connectivity index (χ3v) is 7.21. The Morgan fingerprint density at radius 2 is 1.66 bits per heavy atom. The molecule has 1 amide bonds. The number of fused-ring (bicyclic) bond motifs is 1. The number of amides is 1. The molecule has 0 fully saturated rings. The van der Waals surface area contributed by atoms with Crippen LogP contribution < -0.4 is 4.90 Å². The van der Waals surface area contributed by atoms with E-state index in [0.717, 1.165) is 22.0 Å². The summed E-state index contributed by atoms with van der Waals surface area (Å²) in [5, 5.41) is 0. The predicted molar refractivity (Wildman–Crippen MR) is 133 cm³/mol. The molecule has 0 spiro atoms. The van der Waals surface area contributed by atoms with Crippen LogP contribution in [0.15, 0.2) is 82.7 Å². The molecule has 0 atom stereocenters. The van der Waals surface area contributed by atoms with Gasteiger partial charge in [-0.2, -0.15) is 18.2 Å². The molecule has 0 bridgehead atoms. The van der Waals surface area contributed by atoms with Gasteiger partial charge in [0.1, 0.15) is 5.84 Å². The number of aliphatic imine (C=N–C) groups is 1. The molecule has 35 heavy (non-hydrogen) atoms. The molecule has 11 heteroatoms. The number of hydrogen-bond donors (Lipinski definition) is 0. The smallest absolute Gasteiger partial charge is 0.321 e. The van der Waals surface area contributed by atoms with Crippen molar-refractivity contribution in [1.82, 2.24) is 4.31 Å². The predicted octanol–water partition coefficient (Wildman–Crippen LogP) is 5.14. The Morgan fingerprint density at radius 1 is 0.971 bits per heavy atom. The van der Waals surface area contributed by atoms with Crippen LogP contribution in [0.25, 0.3) is 0 Å². The number of amidine groups is 1. The Labute approximate surface area is 211 Å². The summed E-state index contributed by atoms with van der Waals surface area (Å²) in [4.78, 5) is 18.8. The van der Waals surface area contributed by atoms with Crippen molar-refractivity contribution in [1.29, 1.82) is 0 Å². The van der Waals surface area contributed by atoms with Gasteiger partial charge >= 0.3 is 6.18 Å². The van der Waals surface area contributed by atoms with Gasteiger partial charge in [0.05, 0.1) is 17.0 Å². The molecule has 0 aromatic heterocycles. The molecule has 1 heterocycles. The third-order valence-electron chi connectivity index (χ3n) is 5.39. The summed E-state index contributed by atoms with van der Waals surface area (Å²) in [7, 11) is -1.00. The summed E-state index contributed by atoms with van der Waals surface area (Å²) in [5.41, 5.74) is 0.888. The van der Waals surface area contributed by atoms with Gasteiger partial charge in [0.15, 0.2) is 0 Å². The fraction of sp³-hybridized carbons (Fsp3) is 0.167. The van der Waals surface area contributed by atoms with Crippen molar-refractivity contribution in [3.63, 3.8) is 0 Å². The van der Waals surface area contributed by atoms with Crippen LogP contribution in [0.3, 0.4) is 0 Å². The Bertz CT molecular complexity index is 1410. The highest BCUT2D eigenvalue weighted by Crippen LogP contribution is 2.35. The van der Waals surface area contributed by atoms with Crippen LogP contribution >= 0.6 is 17.0 Å². The highest BCUT2D eigenvalue weighted by atomic mass is 79.9. The third kappa shape index (κ3) is 5.31. The zero-order valence-corrected chi connectivity index (χ0v) is 21.2. The van der Waals surface area contributed by atoms with Gasteiger partial charge in [-0.3, -0.25) is 4.79 Å². The van der Waals surface area contributed by atoms with E-state index in [1.165, 1.54) is 55.4 Å². The lowest BCUT2D eigenvalue weighted by Gasteiger charge is -2.20. The van der Waals surface area contributed by atoms with Gasteiger partial charge in [-0.05, 0) is 42.0 Å². The van der Waals surface area contributed by atoms with Gasteiger partial charge in [-0.15, -0.1) is 17.0 Å². The Kier molecular flexibility index (Phi) is 7.53. The SMILES string of the molecule is Br.CN(C)S(=O)(=O)c1cccc(C(=O)N=C2c3ccccc3CN2c2cccc(C(F)(F)F)c2)c1. The van der Waals surface area contributed by atoms with E-state index in [2.05, 4.69) is 4.99 Å². The number of benzene rings is 3. The zero-order chi connectivity index (χ0) is 24.7. The maximum absolute atomic E-state index is 13.3. The lowest BCUT2D eigenvalue weighted by Crippen LogP contribution is -2.26. The number of carbonyl (C=O) groups excluding carboxylic acids is 1. The van der Waals surface area contributed by atoms with Crippen molar-refractivity contribution in [2.45, 2.75) is 17.6 Å². The van der Waals surface area contributed by atoms with Crippen molar-refractivity contribution in [3.05, 3.63) is 95.1 Å². The second-order valence-electron chi connectivity index (χ2n) is 7.85. The second-order valence-corrected chi connectivity index (χ2v) is 10.00. The molecule has 0 radical (unpaired) electrons. The summed E-state index contributed by atoms with van der Waals surface area (Å²) < 4.78 is 65.8. The Morgan fingerprint density at radius 3 is 2.34 bits per heavy atom. The van der Waals surface area contributed by atoms with Gasteiger partial charge in [-0.1, -0.05) is 36.4 Å². The molecular weight excluding hydrogens is 547 g/mol. The van der Waals surface area contributed by atoms with Crippen LogP contribution in [0, 0.1) is 0 Å². The van der Waals surface area contributed by atoms with Crippen LogP contribution in [0.4, 0.5) is 18.9 Å². The average molecular weight is 568 g/mol. The lowest BCUT2D eigenvalue weighted by atomic mass is 10.1. The van der Waals surface area contributed by atoms with Crippen LogP contribution in [0.2, 0.25) is 0 Å². The molecular formula is C24H21BrF3N3O3S.